The van der Waals surface area contributed by atoms with Gasteiger partial charge in [0.05, 0.1) is 16.5 Å². The number of hydrogen-bond acceptors (Lipinski definition) is 5. The molecule has 0 saturated carbocycles. The van der Waals surface area contributed by atoms with Crippen molar-refractivity contribution in [3.05, 3.63) is 69.9 Å². The van der Waals surface area contributed by atoms with Crippen molar-refractivity contribution in [3.63, 3.8) is 0 Å². The molecule has 0 bridgehead atoms. The molecule has 0 radical (unpaired) electrons. The summed E-state index contributed by atoms with van der Waals surface area (Å²) >= 11 is 9.37. The van der Waals surface area contributed by atoms with Crippen LogP contribution in [0.5, 0.6) is 0 Å². The summed E-state index contributed by atoms with van der Waals surface area (Å²) in [5, 5.41) is 3.37. The smallest absolute Gasteiger partial charge is 0.252 e. The molecule has 1 amide bonds. The molecule has 5 nitrogen and oxygen atoms in total. The minimum Gasteiger partial charge on any atom is -0.337 e. The van der Waals surface area contributed by atoms with E-state index in [0.29, 0.717) is 16.7 Å². The number of thiophene rings is 1. The number of aryl methyl sites for hydroxylation is 2. The summed E-state index contributed by atoms with van der Waals surface area (Å²) < 4.78 is 3.03. The molecule has 8 heteroatoms. The van der Waals surface area contributed by atoms with E-state index in [1.165, 1.54) is 11.3 Å². The number of fused-ring (bicyclic) bond motifs is 1. The van der Waals surface area contributed by atoms with Gasteiger partial charge in [0.1, 0.15) is 0 Å². The van der Waals surface area contributed by atoms with Crippen LogP contribution in [0.2, 0.25) is 5.02 Å². The average Bonchev–Trinajstić information content (AvgIpc) is 3.48. The van der Waals surface area contributed by atoms with E-state index >= 15 is 0 Å². The highest BCUT2D eigenvalue weighted by Gasteiger charge is 2.19. The lowest BCUT2D eigenvalue weighted by Crippen LogP contribution is -2.30. The Morgan fingerprint density at radius 1 is 1.34 bits per heavy atom. The van der Waals surface area contributed by atoms with Crippen LogP contribution in [0.15, 0.2) is 54.4 Å². The Bertz CT molecular complexity index is 1130. The molecule has 29 heavy (non-hydrogen) atoms. The Hall–Kier alpha value is -2.48. The van der Waals surface area contributed by atoms with Gasteiger partial charge in [0, 0.05) is 41.5 Å². The molecular formula is C21H19ClN4OS2. The van der Waals surface area contributed by atoms with Crippen molar-refractivity contribution in [2.45, 2.75) is 19.9 Å². The highest BCUT2D eigenvalue weighted by atomic mass is 35.5. The van der Waals surface area contributed by atoms with Gasteiger partial charge in [0.25, 0.3) is 5.91 Å². The number of nitrogens with zero attached hydrogens (tertiary/aromatic N) is 4. The minimum absolute atomic E-state index is 0.0770. The van der Waals surface area contributed by atoms with Gasteiger partial charge >= 0.3 is 0 Å². The number of aromatic nitrogens is 3. The number of amides is 1. The number of anilines is 1. The third-order valence-electron chi connectivity index (χ3n) is 4.52. The van der Waals surface area contributed by atoms with Gasteiger partial charge in [-0.15, -0.1) is 11.3 Å². The molecule has 0 aliphatic rings. The van der Waals surface area contributed by atoms with E-state index in [1.807, 2.05) is 53.4 Å². The second kappa shape index (κ2) is 8.90. The SMILES string of the molecule is Cc1c(Cl)ccc2sc(N(CCCn3ccnc3)C(=O)/C=C/c3cccs3)nc12. The highest BCUT2D eigenvalue weighted by molar-refractivity contribution is 7.22. The maximum atomic E-state index is 13.0. The number of halogens is 1. The number of hydrogen-bond donors (Lipinski definition) is 0. The Morgan fingerprint density at radius 2 is 2.24 bits per heavy atom. The summed E-state index contributed by atoms with van der Waals surface area (Å²) in [7, 11) is 0. The first-order valence-corrected chi connectivity index (χ1v) is 11.2. The lowest BCUT2D eigenvalue weighted by atomic mass is 10.2. The highest BCUT2D eigenvalue weighted by Crippen LogP contribution is 2.33. The molecule has 0 atom stereocenters. The molecule has 0 aliphatic carbocycles. The van der Waals surface area contributed by atoms with Crippen LogP contribution in [0.1, 0.15) is 16.9 Å². The lowest BCUT2D eigenvalue weighted by molar-refractivity contribution is -0.114. The lowest BCUT2D eigenvalue weighted by Gasteiger charge is -2.18. The summed E-state index contributed by atoms with van der Waals surface area (Å²) in [6, 6.07) is 7.79. The molecule has 0 N–H and O–H groups in total. The largest absolute Gasteiger partial charge is 0.337 e. The molecule has 0 saturated heterocycles. The monoisotopic (exact) mass is 442 g/mol. The van der Waals surface area contributed by atoms with Gasteiger partial charge in [-0.1, -0.05) is 29.0 Å². The summed E-state index contributed by atoms with van der Waals surface area (Å²) in [5.41, 5.74) is 1.79. The normalized spacial score (nSPS) is 11.5. The van der Waals surface area contributed by atoms with Crippen molar-refractivity contribution in [1.82, 2.24) is 14.5 Å². The molecule has 3 aromatic heterocycles. The second-order valence-electron chi connectivity index (χ2n) is 6.51. The van der Waals surface area contributed by atoms with Crippen LogP contribution < -0.4 is 4.90 Å². The maximum Gasteiger partial charge on any atom is 0.252 e. The molecule has 3 heterocycles. The molecule has 148 valence electrons. The van der Waals surface area contributed by atoms with Gasteiger partial charge in [-0.2, -0.15) is 0 Å². The van der Waals surface area contributed by atoms with E-state index in [9.17, 15) is 4.79 Å². The second-order valence-corrected chi connectivity index (χ2v) is 8.90. The third-order valence-corrected chi connectivity index (χ3v) is 6.81. The van der Waals surface area contributed by atoms with Crippen molar-refractivity contribution in [1.29, 1.82) is 0 Å². The van der Waals surface area contributed by atoms with Crippen molar-refractivity contribution in [3.8, 4) is 0 Å². The fourth-order valence-electron chi connectivity index (χ4n) is 2.96. The first-order chi connectivity index (χ1) is 14.1. The molecule has 1 aromatic carbocycles. The topological polar surface area (TPSA) is 51.0 Å². The first kappa shape index (κ1) is 19.8. The number of benzene rings is 1. The summed E-state index contributed by atoms with van der Waals surface area (Å²) in [6.07, 6.45) is 9.73. The van der Waals surface area contributed by atoms with Crippen LogP contribution >= 0.6 is 34.3 Å². The number of imidazole rings is 1. The third kappa shape index (κ3) is 4.58. The molecule has 0 fully saturated rings. The van der Waals surface area contributed by atoms with Gasteiger partial charge in [0.2, 0.25) is 0 Å². The van der Waals surface area contributed by atoms with Gasteiger partial charge < -0.3 is 4.57 Å². The average molecular weight is 443 g/mol. The van der Waals surface area contributed by atoms with Gasteiger partial charge in [-0.25, -0.2) is 9.97 Å². The van der Waals surface area contributed by atoms with E-state index in [4.69, 9.17) is 16.6 Å². The first-order valence-electron chi connectivity index (χ1n) is 9.16. The number of carbonyl (C=O) groups excluding carboxylic acids is 1. The van der Waals surface area contributed by atoms with Gasteiger partial charge in [-0.3, -0.25) is 9.69 Å². The number of rotatable bonds is 7. The predicted octanol–water partition coefficient (Wildman–Crippen LogP) is 5.65. The van der Waals surface area contributed by atoms with Crippen LogP contribution in [-0.4, -0.2) is 27.0 Å². The molecule has 4 rings (SSSR count). The van der Waals surface area contributed by atoms with Crippen LogP contribution in [0, 0.1) is 6.92 Å². The van der Waals surface area contributed by atoms with Crippen molar-refractivity contribution < 1.29 is 4.79 Å². The Kier molecular flexibility index (Phi) is 6.08. The van der Waals surface area contributed by atoms with Gasteiger partial charge in [-0.05, 0) is 48.6 Å². The maximum absolute atomic E-state index is 13.0. The summed E-state index contributed by atoms with van der Waals surface area (Å²) in [4.78, 5) is 24.6. The van der Waals surface area contributed by atoms with Crippen molar-refractivity contribution >= 4 is 61.6 Å². The molecule has 0 spiro atoms. The number of thiazole rings is 1. The summed E-state index contributed by atoms with van der Waals surface area (Å²) in [5.74, 6) is -0.0770. The van der Waals surface area contributed by atoms with Crippen LogP contribution in [0.4, 0.5) is 5.13 Å². The minimum atomic E-state index is -0.0770. The van der Waals surface area contributed by atoms with Crippen LogP contribution in [0.25, 0.3) is 16.3 Å². The standard InChI is InChI=1S/C21H19ClN4OS2/c1-15-17(22)6-7-18-20(15)24-21(29-18)26(11-3-10-25-12-9-23-14-25)19(27)8-5-16-4-2-13-28-16/h2,4-9,12-14H,3,10-11H2,1H3/b8-5+. The fraction of sp³-hybridized carbons (Fsp3) is 0.190. The van der Waals surface area contributed by atoms with E-state index in [-0.39, 0.29) is 5.91 Å². The molecule has 4 aromatic rings. The molecule has 0 aliphatic heterocycles. The molecular weight excluding hydrogens is 424 g/mol. The van der Waals surface area contributed by atoms with E-state index < -0.39 is 0 Å². The molecule has 0 unspecified atom stereocenters. The zero-order chi connectivity index (χ0) is 20.2. The Labute approximate surface area is 181 Å². The van der Waals surface area contributed by atoms with Crippen LogP contribution in [-0.2, 0) is 11.3 Å². The zero-order valence-corrected chi connectivity index (χ0v) is 18.2. The zero-order valence-electron chi connectivity index (χ0n) is 15.8. The van der Waals surface area contributed by atoms with E-state index in [2.05, 4.69) is 4.98 Å². The van der Waals surface area contributed by atoms with E-state index in [1.54, 1.807) is 34.8 Å². The Balaban J connectivity index is 1.59. The number of carbonyl (C=O) groups is 1. The summed E-state index contributed by atoms with van der Waals surface area (Å²) in [6.45, 7) is 3.31. The van der Waals surface area contributed by atoms with Crippen molar-refractivity contribution in [2.24, 2.45) is 0 Å². The van der Waals surface area contributed by atoms with E-state index in [0.717, 1.165) is 33.6 Å². The fourth-order valence-corrected chi connectivity index (χ4v) is 4.79. The van der Waals surface area contributed by atoms with Crippen LogP contribution in [0.3, 0.4) is 0 Å². The predicted molar refractivity (Wildman–Crippen MR) is 122 cm³/mol. The van der Waals surface area contributed by atoms with Gasteiger partial charge in [0.15, 0.2) is 5.13 Å². The Morgan fingerprint density at radius 3 is 3.00 bits per heavy atom. The quantitative estimate of drug-likeness (QED) is 0.347. The van der Waals surface area contributed by atoms with Crippen molar-refractivity contribution in [2.75, 3.05) is 11.4 Å².